The number of carbonyl (C=O) groups is 2. The maximum atomic E-state index is 12.7. The number of benzene rings is 2. The molecule has 160 valence electrons. The smallest absolute Gasteiger partial charge is 0.277 e. The Hall–Kier alpha value is -2.65. The number of nitrogens with zero attached hydrogens (tertiary/aromatic N) is 2. The summed E-state index contributed by atoms with van der Waals surface area (Å²) in [5.41, 5.74) is 2.31. The lowest BCUT2D eigenvalue weighted by atomic mass is 10.2. The third-order valence-electron chi connectivity index (χ3n) is 4.83. The van der Waals surface area contributed by atoms with Crippen LogP contribution in [-0.4, -0.2) is 42.4 Å². The van der Waals surface area contributed by atoms with E-state index >= 15 is 0 Å². The summed E-state index contributed by atoms with van der Waals surface area (Å²) >= 11 is 13.3. The Balaban J connectivity index is 1.44. The highest BCUT2D eigenvalue weighted by molar-refractivity contribution is 7.04. The lowest BCUT2D eigenvalue weighted by Gasteiger charge is -2.29. The van der Waals surface area contributed by atoms with Gasteiger partial charge in [0.1, 0.15) is 0 Å². The highest BCUT2D eigenvalue weighted by Gasteiger charge is 2.20. The van der Waals surface area contributed by atoms with Crippen LogP contribution >= 0.6 is 34.7 Å². The highest BCUT2D eigenvalue weighted by atomic mass is 35.5. The molecule has 0 radical (unpaired) electrons. The van der Waals surface area contributed by atoms with Crippen molar-refractivity contribution in [3.05, 3.63) is 69.1 Å². The first-order valence-electron chi connectivity index (χ1n) is 9.60. The number of hydrogen-bond acceptors (Lipinski definition) is 6. The fourth-order valence-electron chi connectivity index (χ4n) is 3.26. The molecule has 0 aliphatic carbocycles. The third kappa shape index (κ3) is 4.99. The van der Waals surface area contributed by atoms with Crippen LogP contribution in [0.1, 0.15) is 20.8 Å². The topological polar surface area (TPSA) is 86.4 Å². The molecule has 10 heteroatoms. The Kier molecular flexibility index (Phi) is 6.72. The Bertz CT molecular complexity index is 1080. The minimum atomic E-state index is -0.509. The van der Waals surface area contributed by atoms with Crippen molar-refractivity contribution in [2.45, 2.75) is 0 Å². The average molecular weight is 476 g/mol. The number of anilines is 3. The van der Waals surface area contributed by atoms with Crippen LogP contribution in [0.2, 0.25) is 10.0 Å². The van der Waals surface area contributed by atoms with Crippen molar-refractivity contribution in [1.82, 2.24) is 9.69 Å². The van der Waals surface area contributed by atoms with Crippen LogP contribution in [0.25, 0.3) is 0 Å². The molecule has 2 aromatic carbocycles. The van der Waals surface area contributed by atoms with Gasteiger partial charge < -0.3 is 20.9 Å². The summed E-state index contributed by atoms with van der Waals surface area (Å²) in [6, 6.07) is 12.5. The van der Waals surface area contributed by atoms with Gasteiger partial charge in [-0.15, -0.1) is 0 Å². The maximum Gasteiger partial charge on any atom is 0.277 e. The molecule has 0 atom stereocenters. The van der Waals surface area contributed by atoms with Crippen LogP contribution in [0.3, 0.4) is 0 Å². The van der Waals surface area contributed by atoms with E-state index in [-0.39, 0.29) is 21.3 Å². The second-order valence-electron chi connectivity index (χ2n) is 6.87. The fourth-order valence-corrected chi connectivity index (χ4v) is 4.44. The van der Waals surface area contributed by atoms with E-state index in [4.69, 9.17) is 23.2 Å². The van der Waals surface area contributed by atoms with Crippen molar-refractivity contribution in [1.29, 1.82) is 0 Å². The number of carbonyl (C=O) groups excluding carboxylic acids is 2. The molecule has 1 fully saturated rings. The first-order valence-corrected chi connectivity index (χ1v) is 11.2. The number of aromatic nitrogens is 1. The molecule has 1 aliphatic heterocycles. The van der Waals surface area contributed by atoms with Crippen LogP contribution in [-0.2, 0) is 0 Å². The maximum absolute atomic E-state index is 12.7. The van der Waals surface area contributed by atoms with Crippen LogP contribution in [0.15, 0.2) is 47.8 Å². The van der Waals surface area contributed by atoms with Gasteiger partial charge in [-0.2, -0.15) is 4.37 Å². The molecule has 31 heavy (non-hydrogen) atoms. The van der Waals surface area contributed by atoms with Crippen LogP contribution < -0.4 is 20.9 Å². The molecular weight excluding hydrogens is 457 g/mol. The van der Waals surface area contributed by atoms with Gasteiger partial charge in [0.25, 0.3) is 11.8 Å². The van der Waals surface area contributed by atoms with Gasteiger partial charge in [-0.05, 0) is 47.9 Å². The molecule has 2 amide bonds. The van der Waals surface area contributed by atoms with Gasteiger partial charge in [-0.1, -0.05) is 29.3 Å². The zero-order chi connectivity index (χ0) is 21.8. The van der Waals surface area contributed by atoms with Gasteiger partial charge in [0.05, 0.1) is 21.3 Å². The van der Waals surface area contributed by atoms with E-state index < -0.39 is 11.8 Å². The van der Waals surface area contributed by atoms with Gasteiger partial charge in [-0.3, -0.25) is 9.59 Å². The number of halogens is 2. The molecule has 0 saturated carbocycles. The van der Waals surface area contributed by atoms with E-state index in [2.05, 4.69) is 25.2 Å². The third-order valence-corrected chi connectivity index (χ3v) is 6.09. The second-order valence-corrected chi connectivity index (χ2v) is 8.31. The Morgan fingerprint density at radius 3 is 2.32 bits per heavy atom. The second kappa shape index (κ2) is 9.65. The summed E-state index contributed by atoms with van der Waals surface area (Å²) in [5.74, 6) is -0.929. The van der Waals surface area contributed by atoms with E-state index in [0.717, 1.165) is 43.4 Å². The first-order chi connectivity index (χ1) is 15.0. The van der Waals surface area contributed by atoms with Crippen molar-refractivity contribution in [3.63, 3.8) is 0 Å². The van der Waals surface area contributed by atoms with Gasteiger partial charge in [-0.25, -0.2) is 0 Å². The summed E-state index contributed by atoms with van der Waals surface area (Å²) in [6.07, 6.45) is 0. The zero-order valence-corrected chi connectivity index (χ0v) is 18.7. The Labute approximate surface area is 193 Å². The molecule has 2 heterocycles. The van der Waals surface area contributed by atoms with Gasteiger partial charge in [0, 0.05) is 42.9 Å². The summed E-state index contributed by atoms with van der Waals surface area (Å²) in [5, 5.41) is 10.9. The predicted octanol–water partition coefficient (Wildman–Crippen LogP) is 4.36. The monoisotopic (exact) mass is 475 g/mol. The number of amides is 2. The summed E-state index contributed by atoms with van der Waals surface area (Å²) in [6.45, 7) is 3.80. The molecule has 4 rings (SSSR count). The van der Waals surface area contributed by atoms with Crippen LogP contribution in [0, 0.1) is 0 Å². The number of hydrogen-bond donors (Lipinski definition) is 3. The Morgan fingerprint density at radius 2 is 1.65 bits per heavy atom. The summed E-state index contributed by atoms with van der Waals surface area (Å²) in [4.78, 5) is 27.7. The van der Waals surface area contributed by atoms with Gasteiger partial charge in [0.15, 0.2) is 5.69 Å². The number of piperazine rings is 1. The molecule has 0 spiro atoms. The zero-order valence-electron chi connectivity index (χ0n) is 16.3. The predicted molar refractivity (Wildman–Crippen MR) is 126 cm³/mol. The molecule has 3 N–H and O–H groups in total. The molecule has 0 bridgehead atoms. The van der Waals surface area contributed by atoms with Crippen molar-refractivity contribution in [2.75, 3.05) is 41.7 Å². The summed E-state index contributed by atoms with van der Waals surface area (Å²) in [7, 11) is 0. The largest absolute Gasteiger partial charge is 0.369 e. The standard InChI is InChI=1S/C21H19Cl2N5O2S/c22-15-2-1-3-16(23)18(15)20(29)26-17-12-31-27-19(17)21(30)25-13-4-6-14(7-5-13)28-10-8-24-9-11-28/h1-7,12,24H,8-11H2,(H,25,30)(H,26,29). The molecule has 1 aliphatic rings. The lowest BCUT2D eigenvalue weighted by Crippen LogP contribution is -2.43. The van der Waals surface area contributed by atoms with Gasteiger partial charge in [0.2, 0.25) is 0 Å². The molecule has 1 saturated heterocycles. The van der Waals surface area contributed by atoms with Gasteiger partial charge >= 0.3 is 0 Å². The summed E-state index contributed by atoms with van der Waals surface area (Å²) < 4.78 is 4.13. The van der Waals surface area contributed by atoms with Crippen molar-refractivity contribution in [3.8, 4) is 0 Å². The van der Waals surface area contributed by atoms with E-state index in [1.807, 2.05) is 24.3 Å². The highest BCUT2D eigenvalue weighted by Crippen LogP contribution is 2.27. The Morgan fingerprint density at radius 1 is 0.968 bits per heavy atom. The van der Waals surface area contributed by atoms with Crippen LogP contribution in [0.5, 0.6) is 0 Å². The van der Waals surface area contributed by atoms with Crippen molar-refractivity contribution in [2.24, 2.45) is 0 Å². The number of rotatable bonds is 5. The molecular formula is C21H19Cl2N5O2S. The minimum absolute atomic E-state index is 0.118. The SMILES string of the molecule is O=C(Nc1ccc(N2CCNCC2)cc1)c1nscc1NC(=O)c1c(Cl)cccc1Cl. The lowest BCUT2D eigenvalue weighted by molar-refractivity contribution is 0.102. The molecule has 3 aromatic rings. The molecule has 7 nitrogen and oxygen atoms in total. The quantitative estimate of drug-likeness (QED) is 0.510. The average Bonchev–Trinajstić information content (AvgIpc) is 3.23. The normalized spacial score (nSPS) is 13.7. The van der Waals surface area contributed by atoms with E-state index in [9.17, 15) is 9.59 Å². The first kappa shape index (κ1) is 21.6. The van der Waals surface area contributed by atoms with Crippen molar-refractivity contribution >= 4 is 63.6 Å². The van der Waals surface area contributed by atoms with Crippen LogP contribution in [0.4, 0.5) is 17.1 Å². The molecule has 0 unspecified atom stereocenters. The van der Waals surface area contributed by atoms with Crippen molar-refractivity contribution < 1.29 is 9.59 Å². The fraction of sp³-hybridized carbons (Fsp3) is 0.190. The van der Waals surface area contributed by atoms with E-state index in [1.54, 1.807) is 23.6 Å². The molecule has 1 aromatic heterocycles. The van der Waals surface area contributed by atoms with E-state index in [1.165, 1.54) is 0 Å². The van der Waals surface area contributed by atoms with E-state index in [0.29, 0.717) is 11.4 Å². The minimum Gasteiger partial charge on any atom is -0.369 e. The number of nitrogens with one attached hydrogen (secondary N) is 3.